The van der Waals surface area contributed by atoms with Crippen LogP contribution in [-0.4, -0.2) is 24.3 Å². The molecule has 1 aromatic heterocycles. The van der Waals surface area contributed by atoms with Gasteiger partial charge in [-0.05, 0) is 54.5 Å². The largest absolute Gasteiger partial charge is 0.486 e. The summed E-state index contributed by atoms with van der Waals surface area (Å²) >= 11 is 7.90. The second-order valence-electron chi connectivity index (χ2n) is 7.32. The van der Waals surface area contributed by atoms with Gasteiger partial charge in [-0.3, -0.25) is 9.59 Å². The van der Waals surface area contributed by atoms with E-state index in [2.05, 4.69) is 5.32 Å². The fourth-order valence-corrected chi connectivity index (χ4v) is 4.60. The molecule has 1 aliphatic rings. The lowest BCUT2D eigenvalue weighted by molar-refractivity contribution is -0.116. The molecule has 1 amide bonds. The number of nitrogen functional groups attached to an aromatic ring is 1. The van der Waals surface area contributed by atoms with E-state index in [1.807, 2.05) is 42.5 Å². The number of anilines is 1. The van der Waals surface area contributed by atoms with E-state index < -0.39 is 0 Å². The number of carbonyl (C=O) groups is 2. The third kappa shape index (κ3) is 4.81. The minimum absolute atomic E-state index is 0.0478. The summed E-state index contributed by atoms with van der Waals surface area (Å²) in [7, 11) is 0. The molecular weight excluding hydrogens is 432 g/mol. The molecule has 158 valence electrons. The highest BCUT2D eigenvalue weighted by Crippen LogP contribution is 2.41. The smallest absolute Gasteiger partial charge is 0.244 e. The Morgan fingerprint density at radius 2 is 2.06 bits per heavy atom. The van der Waals surface area contributed by atoms with Crippen LogP contribution in [0.4, 0.5) is 5.69 Å². The molecule has 1 unspecified atom stereocenters. The first kappa shape index (κ1) is 21.2. The van der Waals surface area contributed by atoms with E-state index in [0.717, 1.165) is 21.6 Å². The Morgan fingerprint density at radius 3 is 2.81 bits per heavy atom. The van der Waals surface area contributed by atoms with Gasteiger partial charge in [0, 0.05) is 28.6 Å². The van der Waals surface area contributed by atoms with Gasteiger partial charge >= 0.3 is 0 Å². The maximum Gasteiger partial charge on any atom is 0.244 e. The van der Waals surface area contributed by atoms with E-state index >= 15 is 0 Å². The standard InChI is InChI=1S/C24H21ClN2O3S/c1-14(28)21-7-8-22(31-21)16-10-17-11-18(30-24(17)19(25)12-16)13-27-23(29)9-6-15-4-2-3-5-20(15)26/h2-10,12,18H,11,13,26H2,1H3,(H,27,29). The minimum atomic E-state index is -0.218. The summed E-state index contributed by atoms with van der Waals surface area (Å²) in [6.07, 6.45) is 3.60. The third-order valence-electron chi connectivity index (χ3n) is 5.00. The molecule has 0 saturated heterocycles. The van der Waals surface area contributed by atoms with Crippen LogP contribution in [0.1, 0.15) is 27.7 Å². The van der Waals surface area contributed by atoms with E-state index in [1.54, 1.807) is 19.1 Å². The van der Waals surface area contributed by atoms with Crippen LogP contribution < -0.4 is 15.8 Å². The van der Waals surface area contributed by atoms with Crippen molar-refractivity contribution >= 4 is 46.4 Å². The fraction of sp³-hybridized carbons (Fsp3) is 0.167. The van der Waals surface area contributed by atoms with Crippen molar-refractivity contribution in [3.05, 3.63) is 75.6 Å². The van der Waals surface area contributed by atoms with Crippen molar-refractivity contribution in [1.82, 2.24) is 5.32 Å². The third-order valence-corrected chi connectivity index (χ3v) is 6.52. The van der Waals surface area contributed by atoms with Gasteiger partial charge in [-0.25, -0.2) is 0 Å². The minimum Gasteiger partial charge on any atom is -0.486 e. The summed E-state index contributed by atoms with van der Waals surface area (Å²) in [6, 6.07) is 15.0. The van der Waals surface area contributed by atoms with Crippen LogP contribution in [0.25, 0.3) is 16.5 Å². The number of fused-ring (bicyclic) bond motifs is 1. The number of hydrogen-bond acceptors (Lipinski definition) is 5. The molecule has 0 spiro atoms. The first-order chi connectivity index (χ1) is 14.9. The molecule has 2 aromatic carbocycles. The van der Waals surface area contributed by atoms with Gasteiger partial charge in [-0.2, -0.15) is 0 Å². The van der Waals surface area contributed by atoms with Crippen molar-refractivity contribution in [3.63, 3.8) is 0 Å². The van der Waals surface area contributed by atoms with E-state index in [4.69, 9.17) is 22.1 Å². The lowest BCUT2D eigenvalue weighted by Gasteiger charge is -2.11. The lowest BCUT2D eigenvalue weighted by Crippen LogP contribution is -2.33. The summed E-state index contributed by atoms with van der Waals surface area (Å²) in [5, 5.41) is 3.39. The number of ketones is 1. The Kier molecular flexibility index (Phi) is 6.11. The average molecular weight is 453 g/mol. The summed E-state index contributed by atoms with van der Waals surface area (Å²) in [5.41, 5.74) is 9.24. The van der Waals surface area contributed by atoms with Crippen molar-refractivity contribution < 1.29 is 14.3 Å². The van der Waals surface area contributed by atoms with Gasteiger partial charge in [0.2, 0.25) is 5.91 Å². The van der Waals surface area contributed by atoms with Crippen molar-refractivity contribution in [3.8, 4) is 16.2 Å². The van der Waals surface area contributed by atoms with Crippen molar-refractivity contribution in [1.29, 1.82) is 0 Å². The van der Waals surface area contributed by atoms with Crippen LogP contribution in [0.2, 0.25) is 5.02 Å². The Morgan fingerprint density at radius 1 is 1.26 bits per heavy atom. The van der Waals surface area contributed by atoms with Gasteiger partial charge in [0.15, 0.2) is 5.78 Å². The van der Waals surface area contributed by atoms with Gasteiger partial charge in [0.25, 0.3) is 0 Å². The van der Waals surface area contributed by atoms with E-state index in [1.165, 1.54) is 17.4 Å². The summed E-state index contributed by atoms with van der Waals surface area (Å²) in [6.45, 7) is 1.92. The molecule has 4 rings (SSSR count). The van der Waals surface area contributed by atoms with E-state index in [0.29, 0.717) is 34.3 Å². The molecule has 2 heterocycles. The number of halogens is 1. The number of amides is 1. The van der Waals surface area contributed by atoms with Crippen LogP contribution in [0.3, 0.4) is 0 Å². The quantitative estimate of drug-likeness (QED) is 0.314. The number of para-hydroxylation sites is 1. The molecular formula is C24H21ClN2O3S. The normalized spacial score (nSPS) is 15.0. The number of nitrogens with two attached hydrogens (primary N) is 1. The first-order valence-electron chi connectivity index (χ1n) is 9.81. The maximum atomic E-state index is 12.2. The lowest BCUT2D eigenvalue weighted by atomic mass is 10.1. The van der Waals surface area contributed by atoms with Crippen LogP contribution in [0.15, 0.2) is 54.6 Å². The molecule has 31 heavy (non-hydrogen) atoms. The summed E-state index contributed by atoms with van der Waals surface area (Å²) in [4.78, 5) is 25.5. The molecule has 0 aliphatic carbocycles. The zero-order valence-electron chi connectivity index (χ0n) is 16.9. The zero-order valence-corrected chi connectivity index (χ0v) is 18.4. The predicted octanol–water partition coefficient (Wildman–Crippen LogP) is 4.99. The second kappa shape index (κ2) is 8.96. The number of carbonyl (C=O) groups excluding carboxylic acids is 2. The monoisotopic (exact) mass is 452 g/mol. The summed E-state index contributed by atoms with van der Waals surface area (Å²) < 4.78 is 5.96. The SMILES string of the molecule is CC(=O)c1ccc(-c2cc(Cl)c3c(c2)CC(CNC(=O)C=Cc2ccccc2N)O3)s1. The van der Waals surface area contributed by atoms with Gasteiger partial charge < -0.3 is 15.8 Å². The number of benzene rings is 2. The number of ether oxygens (including phenoxy) is 1. The van der Waals surface area contributed by atoms with Gasteiger partial charge in [-0.1, -0.05) is 29.8 Å². The number of Topliss-reactive ketones (excluding diaryl/α,β-unsaturated/α-hetero) is 1. The molecule has 0 fully saturated rings. The molecule has 0 radical (unpaired) electrons. The molecule has 7 heteroatoms. The van der Waals surface area contributed by atoms with Crippen LogP contribution in [0, 0.1) is 0 Å². The average Bonchev–Trinajstić information content (AvgIpc) is 3.39. The first-order valence-corrected chi connectivity index (χ1v) is 11.0. The molecule has 0 bridgehead atoms. The molecule has 3 aromatic rings. The Bertz CT molecular complexity index is 1190. The van der Waals surface area contributed by atoms with E-state index in [-0.39, 0.29) is 17.8 Å². The van der Waals surface area contributed by atoms with Crippen LogP contribution in [-0.2, 0) is 11.2 Å². The van der Waals surface area contributed by atoms with Crippen molar-refractivity contribution in [2.45, 2.75) is 19.4 Å². The Hall–Kier alpha value is -3.09. The Labute approximate surface area is 189 Å². The fourth-order valence-electron chi connectivity index (χ4n) is 3.43. The highest BCUT2D eigenvalue weighted by atomic mass is 35.5. The molecule has 1 aliphatic heterocycles. The molecule has 1 atom stereocenters. The zero-order chi connectivity index (χ0) is 22.0. The number of rotatable bonds is 6. The Balaban J connectivity index is 1.39. The van der Waals surface area contributed by atoms with Crippen LogP contribution in [0.5, 0.6) is 5.75 Å². The molecule has 0 saturated carbocycles. The topological polar surface area (TPSA) is 81.4 Å². The van der Waals surface area contributed by atoms with Gasteiger partial charge in [-0.15, -0.1) is 11.3 Å². The van der Waals surface area contributed by atoms with Crippen molar-refractivity contribution in [2.24, 2.45) is 0 Å². The second-order valence-corrected chi connectivity index (χ2v) is 8.81. The maximum absolute atomic E-state index is 12.2. The van der Waals surface area contributed by atoms with Crippen LogP contribution >= 0.6 is 22.9 Å². The number of thiophene rings is 1. The molecule has 3 N–H and O–H groups in total. The number of hydrogen-bond donors (Lipinski definition) is 2. The summed E-state index contributed by atoms with van der Waals surface area (Å²) in [5.74, 6) is 0.484. The highest BCUT2D eigenvalue weighted by Gasteiger charge is 2.26. The van der Waals surface area contributed by atoms with Crippen molar-refractivity contribution in [2.75, 3.05) is 12.3 Å². The molecule has 5 nitrogen and oxygen atoms in total. The number of nitrogens with one attached hydrogen (secondary N) is 1. The highest BCUT2D eigenvalue weighted by molar-refractivity contribution is 7.17. The van der Waals surface area contributed by atoms with E-state index in [9.17, 15) is 9.59 Å². The van der Waals surface area contributed by atoms with Gasteiger partial charge in [0.1, 0.15) is 11.9 Å². The van der Waals surface area contributed by atoms with Gasteiger partial charge in [0.05, 0.1) is 16.4 Å². The predicted molar refractivity (Wildman–Crippen MR) is 126 cm³/mol.